The van der Waals surface area contributed by atoms with E-state index in [1.165, 1.54) is 0 Å². The van der Waals surface area contributed by atoms with Gasteiger partial charge in [-0.2, -0.15) is 0 Å². The number of hydrogen-bond acceptors (Lipinski definition) is 2. The molecule has 1 fully saturated rings. The van der Waals surface area contributed by atoms with Crippen molar-refractivity contribution in [3.63, 3.8) is 0 Å². The zero-order valence-electron chi connectivity index (χ0n) is 10.9. The molecule has 0 saturated carbocycles. The predicted molar refractivity (Wildman–Crippen MR) is 81.4 cm³/mol. The van der Waals surface area contributed by atoms with Crippen LogP contribution in [0.5, 0.6) is 0 Å². The van der Waals surface area contributed by atoms with Crippen molar-refractivity contribution in [1.82, 2.24) is 4.90 Å². The van der Waals surface area contributed by atoms with Crippen LogP contribution in [0.4, 0.5) is 0 Å². The molecule has 2 unspecified atom stereocenters. The van der Waals surface area contributed by atoms with E-state index in [4.69, 9.17) is 17.3 Å². The Hall–Kier alpha value is -0.580. The standard InChI is InChI=1S/C14H18BrClN2O/c1-9-4-5-18(8-10(9)7-17)14(19)12-6-11(15)2-3-13(12)16/h2-3,6,9-10H,4-5,7-8,17H2,1H3. The lowest BCUT2D eigenvalue weighted by molar-refractivity contribution is 0.0618. The number of carbonyl (C=O) groups excluding carboxylic acids is 1. The summed E-state index contributed by atoms with van der Waals surface area (Å²) < 4.78 is 0.862. The van der Waals surface area contributed by atoms with Gasteiger partial charge in [0.05, 0.1) is 10.6 Å². The van der Waals surface area contributed by atoms with Crippen molar-refractivity contribution in [3.05, 3.63) is 33.3 Å². The second kappa shape index (κ2) is 6.25. The quantitative estimate of drug-likeness (QED) is 0.895. The van der Waals surface area contributed by atoms with E-state index in [1.54, 1.807) is 12.1 Å². The molecule has 104 valence electrons. The molecule has 0 spiro atoms. The van der Waals surface area contributed by atoms with Crippen molar-refractivity contribution < 1.29 is 4.79 Å². The fraction of sp³-hybridized carbons (Fsp3) is 0.500. The Morgan fingerprint density at radius 3 is 3.00 bits per heavy atom. The number of halogens is 2. The maximum Gasteiger partial charge on any atom is 0.255 e. The molecule has 2 rings (SSSR count). The Morgan fingerprint density at radius 1 is 1.58 bits per heavy atom. The highest BCUT2D eigenvalue weighted by atomic mass is 79.9. The van der Waals surface area contributed by atoms with Gasteiger partial charge in [-0.05, 0) is 43.0 Å². The van der Waals surface area contributed by atoms with E-state index >= 15 is 0 Å². The van der Waals surface area contributed by atoms with Gasteiger partial charge in [-0.25, -0.2) is 0 Å². The van der Waals surface area contributed by atoms with E-state index in [1.807, 2.05) is 11.0 Å². The maximum absolute atomic E-state index is 12.5. The van der Waals surface area contributed by atoms with E-state index in [2.05, 4.69) is 22.9 Å². The molecule has 0 aliphatic carbocycles. The summed E-state index contributed by atoms with van der Waals surface area (Å²) in [7, 11) is 0. The number of carbonyl (C=O) groups is 1. The fourth-order valence-electron chi connectivity index (χ4n) is 2.47. The average molecular weight is 346 g/mol. The Kier molecular flexibility index (Phi) is 4.87. The number of hydrogen-bond donors (Lipinski definition) is 1. The van der Waals surface area contributed by atoms with Gasteiger partial charge in [-0.1, -0.05) is 34.5 Å². The molecule has 1 amide bonds. The second-order valence-electron chi connectivity index (χ2n) is 5.14. The topological polar surface area (TPSA) is 46.3 Å². The van der Waals surface area contributed by atoms with Gasteiger partial charge < -0.3 is 10.6 Å². The van der Waals surface area contributed by atoms with Gasteiger partial charge in [0.15, 0.2) is 0 Å². The van der Waals surface area contributed by atoms with Crippen LogP contribution >= 0.6 is 27.5 Å². The van der Waals surface area contributed by atoms with Gasteiger partial charge in [-0.15, -0.1) is 0 Å². The Morgan fingerprint density at radius 2 is 2.32 bits per heavy atom. The summed E-state index contributed by atoms with van der Waals surface area (Å²) in [6.07, 6.45) is 0.999. The summed E-state index contributed by atoms with van der Waals surface area (Å²) >= 11 is 9.49. The van der Waals surface area contributed by atoms with E-state index in [-0.39, 0.29) is 5.91 Å². The first kappa shape index (κ1) is 14.8. The molecular formula is C14H18BrClN2O. The highest BCUT2D eigenvalue weighted by molar-refractivity contribution is 9.10. The number of benzene rings is 1. The monoisotopic (exact) mass is 344 g/mol. The molecule has 19 heavy (non-hydrogen) atoms. The summed E-state index contributed by atoms with van der Waals surface area (Å²) in [4.78, 5) is 14.4. The molecule has 0 radical (unpaired) electrons. The van der Waals surface area contributed by atoms with Gasteiger partial charge in [0.2, 0.25) is 0 Å². The average Bonchev–Trinajstić information content (AvgIpc) is 2.41. The zero-order valence-corrected chi connectivity index (χ0v) is 13.2. The third-order valence-corrected chi connectivity index (χ3v) is 4.69. The summed E-state index contributed by atoms with van der Waals surface area (Å²) in [5.74, 6) is 0.951. The second-order valence-corrected chi connectivity index (χ2v) is 6.46. The van der Waals surface area contributed by atoms with Crippen LogP contribution in [-0.2, 0) is 0 Å². The maximum atomic E-state index is 12.5. The lowest BCUT2D eigenvalue weighted by Crippen LogP contribution is -2.45. The third-order valence-electron chi connectivity index (χ3n) is 3.86. The minimum atomic E-state index is -0.00310. The minimum absolute atomic E-state index is 0.00310. The molecular weight excluding hydrogens is 328 g/mol. The molecule has 1 aromatic carbocycles. The van der Waals surface area contributed by atoms with Crippen molar-refractivity contribution in [1.29, 1.82) is 0 Å². The number of rotatable bonds is 2. The van der Waals surface area contributed by atoms with Crippen molar-refractivity contribution >= 4 is 33.4 Å². The van der Waals surface area contributed by atoms with E-state index in [0.29, 0.717) is 29.0 Å². The molecule has 2 atom stereocenters. The Labute approximate surface area is 127 Å². The molecule has 1 aromatic rings. The first-order valence-corrected chi connectivity index (χ1v) is 7.64. The zero-order chi connectivity index (χ0) is 14.0. The lowest BCUT2D eigenvalue weighted by atomic mass is 9.87. The van der Waals surface area contributed by atoms with Crippen molar-refractivity contribution in [3.8, 4) is 0 Å². The molecule has 1 aliphatic rings. The lowest BCUT2D eigenvalue weighted by Gasteiger charge is -2.36. The van der Waals surface area contributed by atoms with Crippen LogP contribution in [-0.4, -0.2) is 30.4 Å². The van der Waals surface area contributed by atoms with E-state index in [0.717, 1.165) is 24.0 Å². The van der Waals surface area contributed by atoms with Crippen molar-refractivity contribution in [2.24, 2.45) is 17.6 Å². The number of nitrogens with zero attached hydrogens (tertiary/aromatic N) is 1. The predicted octanol–water partition coefficient (Wildman–Crippen LogP) is 3.16. The molecule has 1 saturated heterocycles. The van der Waals surface area contributed by atoms with Gasteiger partial charge in [0.25, 0.3) is 5.91 Å². The van der Waals surface area contributed by atoms with Crippen molar-refractivity contribution in [2.45, 2.75) is 13.3 Å². The summed E-state index contributed by atoms with van der Waals surface area (Å²) in [5.41, 5.74) is 6.33. The van der Waals surface area contributed by atoms with E-state index in [9.17, 15) is 4.79 Å². The van der Waals surface area contributed by atoms with Crippen LogP contribution in [0.25, 0.3) is 0 Å². The molecule has 1 heterocycles. The molecule has 2 N–H and O–H groups in total. The smallest absolute Gasteiger partial charge is 0.255 e. The number of nitrogens with two attached hydrogens (primary N) is 1. The van der Waals surface area contributed by atoms with Gasteiger partial charge in [0, 0.05) is 17.6 Å². The van der Waals surface area contributed by atoms with Gasteiger partial charge in [0.1, 0.15) is 0 Å². The molecule has 3 nitrogen and oxygen atoms in total. The van der Waals surface area contributed by atoms with Crippen LogP contribution in [0.2, 0.25) is 5.02 Å². The molecule has 0 bridgehead atoms. The normalized spacial score (nSPS) is 23.5. The minimum Gasteiger partial charge on any atom is -0.338 e. The van der Waals surface area contributed by atoms with Crippen LogP contribution in [0, 0.1) is 11.8 Å². The highest BCUT2D eigenvalue weighted by Crippen LogP contribution is 2.27. The van der Waals surface area contributed by atoms with Crippen LogP contribution in [0.3, 0.4) is 0 Å². The summed E-state index contributed by atoms with van der Waals surface area (Å²) in [6, 6.07) is 5.35. The van der Waals surface area contributed by atoms with Crippen LogP contribution in [0.1, 0.15) is 23.7 Å². The fourth-order valence-corrected chi connectivity index (χ4v) is 3.03. The van der Waals surface area contributed by atoms with E-state index < -0.39 is 0 Å². The Bertz CT molecular complexity index is 481. The first-order valence-electron chi connectivity index (χ1n) is 6.47. The highest BCUT2D eigenvalue weighted by Gasteiger charge is 2.29. The van der Waals surface area contributed by atoms with Crippen LogP contribution in [0.15, 0.2) is 22.7 Å². The number of amides is 1. The Balaban J connectivity index is 2.18. The third kappa shape index (κ3) is 3.30. The number of likely N-dealkylation sites (tertiary alicyclic amines) is 1. The molecule has 5 heteroatoms. The van der Waals surface area contributed by atoms with Gasteiger partial charge >= 0.3 is 0 Å². The van der Waals surface area contributed by atoms with Crippen LogP contribution < -0.4 is 5.73 Å². The first-order chi connectivity index (χ1) is 9.02. The SMILES string of the molecule is CC1CCN(C(=O)c2cc(Br)ccc2Cl)CC1CN. The molecule has 0 aromatic heterocycles. The van der Waals surface area contributed by atoms with Gasteiger partial charge in [-0.3, -0.25) is 4.79 Å². The summed E-state index contributed by atoms with van der Waals surface area (Å²) in [5, 5.41) is 0.496. The number of piperidine rings is 1. The summed E-state index contributed by atoms with van der Waals surface area (Å²) in [6.45, 7) is 4.32. The molecule has 1 aliphatic heterocycles. The largest absolute Gasteiger partial charge is 0.338 e. The van der Waals surface area contributed by atoms with Crippen molar-refractivity contribution in [2.75, 3.05) is 19.6 Å².